The molecule has 1 fully saturated rings. The molecule has 2 aromatic carbocycles. The summed E-state index contributed by atoms with van der Waals surface area (Å²) < 4.78 is 6.76. The van der Waals surface area contributed by atoms with Crippen LogP contribution in [-0.2, 0) is 16.1 Å². The predicted octanol–water partition coefficient (Wildman–Crippen LogP) is 2.36. The number of benzene rings is 2. The lowest BCUT2D eigenvalue weighted by Crippen LogP contribution is -2.52. The Hall–Kier alpha value is -3.72. The molecular formula is C22H18ClN5O4. The molecule has 0 radical (unpaired) electrons. The van der Waals surface area contributed by atoms with Crippen molar-refractivity contribution in [2.75, 3.05) is 7.11 Å². The van der Waals surface area contributed by atoms with Crippen LogP contribution < -0.4 is 10.1 Å². The number of methoxy groups -OCH3 is 1. The van der Waals surface area contributed by atoms with E-state index < -0.39 is 11.9 Å². The number of hydrogen-bond acceptors (Lipinski definition) is 6. The van der Waals surface area contributed by atoms with Gasteiger partial charge in [-0.1, -0.05) is 22.9 Å². The predicted molar refractivity (Wildman–Crippen MR) is 114 cm³/mol. The molecule has 3 aromatic rings. The van der Waals surface area contributed by atoms with Gasteiger partial charge >= 0.3 is 0 Å². The summed E-state index contributed by atoms with van der Waals surface area (Å²) >= 11 is 6.21. The second-order valence-electron chi connectivity index (χ2n) is 7.64. The second-order valence-corrected chi connectivity index (χ2v) is 8.05. The van der Waals surface area contributed by atoms with Crippen molar-refractivity contribution >= 4 is 29.3 Å². The van der Waals surface area contributed by atoms with Crippen LogP contribution in [0.2, 0.25) is 5.02 Å². The zero-order valence-corrected chi connectivity index (χ0v) is 17.8. The fourth-order valence-electron chi connectivity index (χ4n) is 4.03. The molecule has 3 amide bonds. The molecule has 1 unspecified atom stereocenters. The molecule has 162 valence electrons. The lowest BCUT2D eigenvalue weighted by atomic mass is 10.0. The molecule has 1 N–H and O–H groups in total. The van der Waals surface area contributed by atoms with Crippen LogP contribution >= 0.6 is 11.6 Å². The molecule has 9 nitrogen and oxygen atoms in total. The first-order valence-corrected chi connectivity index (χ1v) is 10.4. The first-order valence-electron chi connectivity index (χ1n) is 9.99. The third kappa shape index (κ3) is 3.40. The highest BCUT2D eigenvalue weighted by atomic mass is 35.5. The highest BCUT2D eigenvalue weighted by molar-refractivity contribution is 6.32. The zero-order chi connectivity index (χ0) is 22.4. The van der Waals surface area contributed by atoms with Crippen molar-refractivity contribution in [1.82, 2.24) is 25.2 Å². The number of carbonyl (C=O) groups excluding carboxylic acids is 3. The number of aromatic nitrogens is 3. The van der Waals surface area contributed by atoms with Crippen LogP contribution in [0.15, 0.2) is 42.6 Å². The van der Waals surface area contributed by atoms with E-state index in [1.807, 2.05) is 18.2 Å². The quantitative estimate of drug-likeness (QED) is 0.610. The smallest absolute Gasteiger partial charge is 0.255 e. The van der Waals surface area contributed by atoms with Gasteiger partial charge in [-0.2, -0.15) is 0 Å². The van der Waals surface area contributed by atoms with Gasteiger partial charge in [0.15, 0.2) is 0 Å². The van der Waals surface area contributed by atoms with Crippen molar-refractivity contribution in [2.45, 2.75) is 25.4 Å². The van der Waals surface area contributed by atoms with E-state index in [1.165, 1.54) is 4.90 Å². The maximum Gasteiger partial charge on any atom is 0.255 e. The van der Waals surface area contributed by atoms with E-state index in [4.69, 9.17) is 16.3 Å². The van der Waals surface area contributed by atoms with Crippen LogP contribution in [0, 0.1) is 0 Å². The number of ether oxygens (including phenoxy) is 1. The van der Waals surface area contributed by atoms with Gasteiger partial charge in [-0.3, -0.25) is 19.7 Å². The first kappa shape index (κ1) is 20.2. The molecule has 0 saturated carbocycles. The van der Waals surface area contributed by atoms with Crippen molar-refractivity contribution in [3.63, 3.8) is 0 Å². The number of carbonyl (C=O) groups is 3. The molecule has 1 saturated heterocycles. The van der Waals surface area contributed by atoms with Gasteiger partial charge in [-0.05, 0) is 42.3 Å². The summed E-state index contributed by atoms with van der Waals surface area (Å²) in [5.74, 6) is -0.404. The maximum absolute atomic E-state index is 13.0. The van der Waals surface area contributed by atoms with Crippen LogP contribution in [0.1, 0.15) is 28.8 Å². The van der Waals surface area contributed by atoms with Crippen LogP contribution in [-0.4, -0.2) is 50.8 Å². The Morgan fingerprint density at radius 1 is 1.16 bits per heavy atom. The van der Waals surface area contributed by atoms with Crippen molar-refractivity contribution < 1.29 is 19.1 Å². The van der Waals surface area contributed by atoms with E-state index >= 15 is 0 Å². The normalized spacial score (nSPS) is 18.0. The van der Waals surface area contributed by atoms with E-state index in [0.717, 1.165) is 11.1 Å². The Kier molecular flexibility index (Phi) is 4.90. The molecule has 0 spiro atoms. The largest absolute Gasteiger partial charge is 0.495 e. The van der Waals surface area contributed by atoms with E-state index in [2.05, 4.69) is 15.6 Å². The summed E-state index contributed by atoms with van der Waals surface area (Å²) in [7, 11) is 1.55. The Morgan fingerprint density at radius 3 is 2.75 bits per heavy atom. The van der Waals surface area contributed by atoms with Gasteiger partial charge in [-0.25, -0.2) is 4.68 Å². The van der Waals surface area contributed by atoms with Crippen LogP contribution in [0.4, 0.5) is 0 Å². The van der Waals surface area contributed by atoms with Gasteiger partial charge in [0.05, 0.1) is 24.0 Å². The molecule has 1 atom stereocenters. The number of fused-ring (bicyclic) bond motifs is 1. The van der Waals surface area contributed by atoms with Gasteiger partial charge in [-0.15, -0.1) is 5.10 Å². The Morgan fingerprint density at radius 2 is 2.00 bits per heavy atom. The van der Waals surface area contributed by atoms with E-state index in [-0.39, 0.29) is 18.2 Å². The monoisotopic (exact) mass is 451 g/mol. The molecule has 0 bridgehead atoms. The molecule has 3 heterocycles. The fourth-order valence-corrected chi connectivity index (χ4v) is 4.29. The third-order valence-electron chi connectivity index (χ3n) is 5.72. The molecule has 2 aliphatic rings. The van der Waals surface area contributed by atoms with Crippen molar-refractivity contribution in [3.05, 3.63) is 58.7 Å². The minimum absolute atomic E-state index is 0.221. The zero-order valence-electron chi connectivity index (χ0n) is 17.0. The van der Waals surface area contributed by atoms with Crippen LogP contribution in [0.25, 0.3) is 16.9 Å². The Labute approximate surface area is 187 Å². The van der Waals surface area contributed by atoms with Crippen LogP contribution in [0.5, 0.6) is 5.75 Å². The number of nitrogens with one attached hydrogen (secondary N) is 1. The fraction of sp³-hybridized carbons (Fsp3) is 0.227. The number of rotatable bonds is 4. The molecule has 2 aliphatic heterocycles. The standard InChI is InChI=1S/C22H18ClN5O4/c1-32-19-6-3-12(8-16(19)23)17-11-28(26-25-17)14-4-2-13-10-27(22(31)15(13)9-14)18-5-7-20(29)24-21(18)30/h2-4,6,8-9,11,18H,5,7,10H2,1H3,(H,24,29,30). The van der Waals surface area contributed by atoms with Crippen molar-refractivity contribution in [2.24, 2.45) is 0 Å². The van der Waals surface area contributed by atoms with E-state index in [9.17, 15) is 14.4 Å². The first-order chi connectivity index (χ1) is 15.4. The number of amides is 3. The molecule has 10 heteroatoms. The minimum atomic E-state index is -0.645. The van der Waals surface area contributed by atoms with Crippen molar-refractivity contribution in [1.29, 1.82) is 0 Å². The summed E-state index contributed by atoms with van der Waals surface area (Å²) in [5, 5.41) is 11.2. The SMILES string of the molecule is COc1ccc(-c2cn(-c3ccc4c(c3)C(=O)N(C3CCC(=O)NC3=O)C4)nn2)cc1Cl. The lowest BCUT2D eigenvalue weighted by molar-refractivity contribution is -0.136. The lowest BCUT2D eigenvalue weighted by Gasteiger charge is -2.29. The summed E-state index contributed by atoms with van der Waals surface area (Å²) in [6.45, 7) is 0.327. The van der Waals surface area contributed by atoms with Gasteiger partial charge in [0.1, 0.15) is 17.5 Å². The van der Waals surface area contributed by atoms with E-state index in [1.54, 1.807) is 36.2 Å². The highest BCUT2D eigenvalue weighted by Crippen LogP contribution is 2.31. The summed E-state index contributed by atoms with van der Waals surface area (Å²) in [5.41, 5.74) is 3.40. The molecule has 1 aromatic heterocycles. The highest BCUT2D eigenvalue weighted by Gasteiger charge is 2.39. The van der Waals surface area contributed by atoms with Crippen LogP contribution in [0.3, 0.4) is 0 Å². The van der Waals surface area contributed by atoms with Gasteiger partial charge < -0.3 is 9.64 Å². The Balaban J connectivity index is 1.40. The average Bonchev–Trinajstić information content (AvgIpc) is 3.39. The number of nitrogens with zero attached hydrogens (tertiary/aromatic N) is 4. The van der Waals surface area contributed by atoms with Gasteiger partial charge in [0.2, 0.25) is 11.8 Å². The molecular weight excluding hydrogens is 434 g/mol. The average molecular weight is 452 g/mol. The second kappa shape index (κ2) is 7.76. The number of imide groups is 1. The van der Waals surface area contributed by atoms with E-state index in [0.29, 0.717) is 40.7 Å². The summed E-state index contributed by atoms with van der Waals surface area (Å²) in [6.07, 6.45) is 2.30. The van der Waals surface area contributed by atoms with Gasteiger partial charge in [0, 0.05) is 24.1 Å². The molecule has 32 heavy (non-hydrogen) atoms. The summed E-state index contributed by atoms with van der Waals surface area (Å²) in [4.78, 5) is 38.2. The Bertz CT molecular complexity index is 1270. The van der Waals surface area contributed by atoms with Crippen molar-refractivity contribution in [3.8, 4) is 22.7 Å². The number of hydrogen-bond donors (Lipinski definition) is 1. The summed E-state index contributed by atoms with van der Waals surface area (Å²) in [6, 6.07) is 10.1. The maximum atomic E-state index is 13.0. The number of piperidine rings is 1. The van der Waals surface area contributed by atoms with Gasteiger partial charge in [0.25, 0.3) is 5.91 Å². The minimum Gasteiger partial charge on any atom is -0.495 e. The molecule has 5 rings (SSSR count). The number of halogens is 1. The third-order valence-corrected chi connectivity index (χ3v) is 6.01. The molecule has 0 aliphatic carbocycles. The topological polar surface area (TPSA) is 106 Å².